The van der Waals surface area contributed by atoms with Crippen LogP contribution in [0.2, 0.25) is 5.02 Å². The van der Waals surface area contributed by atoms with Gasteiger partial charge in [0.1, 0.15) is 5.82 Å². The standard InChI is InChI=1S/C14H11ClFNO/c1-9-6-10(4-5-17-9)14(18)8-11-7-12(15)2-3-13(11)16/h2-7H,8H2,1H3. The highest BCUT2D eigenvalue weighted by molar-refractivity contribution is 6.30. The van der Waals surface area contributed by atoms with Gasteiger partial charge in [0.05, 0.1) is 0 Å². The number of benzene rings is 1. The van der Waals surface area contributed by atoms with E-state index in [1.165, 1.54) is 18.2 Å². The molecule has 0 bridgehead atoms. The summed E-state index contributed by atoms with van der Waals surface area (Å²) in [5, 5.41) is 0.421. The summed E-state index contributed by atoms with van der Waals surface area (Å²) in [7, 11) is 0. The van der Waals surface area contributed by atoms with Crippen molar-refractivity contribution in [3.05, 3.63) is 64.2 Å². The van der Waals surface area contributed by atoms with Crippen LogP contribution in [0.15, 0.2) is 36.5 Å². The van der Waals surface area contributed by atoms with Gasteiger partial charge in [0, 0.05) is 28.9 Å². The molecule has 0 saturated carbocycles. The van der Waals surface area contributed by atoms with Crippen LogP contribution in [0, 0.1) is 12.7 Å². The molecule has 0 saturated heterocycles. The lowest BCUT2D eigenvalue weighted by molar-refractivity contribution is 0.0991. The highest BCUT2D eigenvalue weighted by Crippen LogP contribution is 2.17. The Labute approximate surface area is 109 Å². The van der Waals surface area contributed by atoms with Gasteiger partial charge in [-0.3, -0.25) is 9.78 Å². The smallest absolute Gasteiger partial charge is 0.167 e. The summed E-state index contributed by atoms with van der Waals surface area (Å²) < 4.78 is 13.5. The molecule has 0 atom stereocenters. The van der Waals surface area contributed by atoms with Gasteiger partial charge in [-0.05, 0) is 42.8 Å². The van der Waals surface area contributed by atoms with E-state index in [0.29, 0.717) is 16.1 Å². The molecule has 92 valence electrons. The van der Waals surface area contributed by atoms with E-state index in [4.69, 9.17) is 11.6 Å². The first-order chi connectivity index (χ1) is 8.56. The Balaban J connectivity index is 2.24. The quantitative estimate of drug-likeness (QED) is 0.792. The van der Waals surface area contributed by atoms with Gasteiger partial charge in [0.15, 0.2) is 5.78 Å². The van der Waals surface area contributed by atoms with Crippen molar-refractivity contribution in [2.45, 2.75) is 13.3 Å². The van der Waals surface area contributed by atoms with Crippen molar-refractivity contribution in [1.29, 1.82) is 0 Å². The van der Waals surface area contributed by atoms with Crippen molar-refractivity contribution in [2.75, 3.05) is 0 Å². The Hall–Kier alpha value is -1.74. The van der Waals surface area contributed by atoms with Gasteiger partial charge < -0.3 is 0 Å². The molecular formula is C14H11ClFNO. The summed E-state index contributed by atoms with van der Waals surface area (Å²) in [6.07, 6.45) is 1.56. The third-order valence-electron chi connectivity index (χ3n) is 2.58. The molecule has 0 aliphatic rings. The normalized spacial score (nSPS) is 10.4. The fourth-order valence-corrected chi connectivity index (χ4v) is 1.87. The number of Topliss-reactive ketones (excluding diaryl/α,β-unsaturated/α-hetero) is 1. The summed E-state index contributed by atoms with van der Waals surface area (Å²) >= 11 is 5.78. The maximum atomic E-state index is 13.5. The molecule has 0 fully saturated rings. The number of aromatic nitrogens is 1. The number of carbonyl (C=O) groups is 1. The Morgan fingerprint density at radius 2 is 2.11 bits per heavy atom. The van der Waals surface area contributed by atoms with E-state index in [9.17, 15) is 9.18 Å². The first-order valence-corrected chi connectivity index (χ1v) is 5.84. The molecule has 2 aromatic rings. The van der Waals surface area contributed by atoms with Gasteiger partial charge in [-0.1, -0.05) is 11.6 Å². The molecule has 0 unspecified atom stereocenters. The number of hydrogen-bond acceptors (Lipinski definition) is 2. The number of hydrogen-bond donors (Lipinski definition) is 0. The zero-order valence-corrected chi connectivity index (χ0v) is 10.5. The molecule has 0 radical (unpaired) electrons. The van der Waals surface area contributed by atoms with Gasteiger partial charge in [-0.2, -0.15) is 0 Å². The van der Waals surface area contributed by atoms with Crippen molar-refractivity contribution in [3.63, 3.8) is 0 Å². The number of pyridine rings is 1. The predicted octanol–water partition coefficient (Wildman–Crippen LogP) is 3.61. The molecule has 0 aliphatic heterocycles. The van der Waals surface area contributed by atoms with Crippen LogP contribution in [0.25, 0.3) is 0 Å². The Morgan fingerprint density at radius 3 is 2.83 bits per heavy atom. The molecule has 4 heteroatoms. The van der Waals surface area contributed by atoms with E-state index in [2.05, 4.69) is 4.98 Å². The SMILES string of the molecule is Cc1cc(C(=O)Cc2cc(Cl)ccc2F)ccn1. The largest absolute Gasteiger partial charge is 0.294 e. The molecule has 0 N–H and O–H groups in total. The lowest BCUT2D eigenvalue weighted by atomic mass is 10.0. The number of aryl methyl sites for hydroxylation is 1. The van der Waals surface area contributed by atoms with Crippen molar-refractivity contribution in [1.82, 2.24) is 4.98 Å². The molecule has 0 spiro atoms. The highest BCUT2D eigenvalue weighted by atomic mass is 35.5. The minimum Gasteiger partial charge on any atom is -0.294 e. The Morgan fingerprint density at radius 1 is 1.33 bits per heavy atom. The summed E-state index contributed by atoms with van der Waals surface area (Å²) in [6, 6.07) is 7.51. The van der Waals surface area contributed by atoms with Crippen LogP contribution >= 0.6 is 11.6 Å². The molecule has 18 heavy (non-hydrogen) atoms. The molecule has 2 rings (SSSR count). The monoisotopic (exact) mass is 263 g/mol. The number of rotatable bonds is 3. The zero-order valence-electron chi connectivity index (χ0n) is 9.78. The maximum Gasteiger partial charge on any atom is 0.167 e. The van der Waals surface area contributed by atoms with Crippen LogP contribution in [-0.4, -0.2) is 10.8 Å². The summed E-state index contributed by atoms with van der Waals surface area (Å²) in [5.41, 5.74) is 1.59. The molecule has 1 aromatic heterocycles. The number of ketones is 1. The summed E-state index contributed by atoms with van der Waals surface area (Å²) in [6.45, 7) is 1.80. The second kappa shape index (κ2) is 5.27. The molecule has 0 aliphatic carbocycles. The minimum absolute atomic E-state index is 0.00412. The average Bonchev–Trinajstić information content (AvgIpc) is 2.34. The van der Waals surface area contributed by atoms with Crippen LogP contribution in [-0.2, 0) is 6.42 Å². The van der Waals surface area contributed by atoms with E-state index >= 15 is 0 Å². The van der Waals surface area contributed by atoms with E-state index in [1.807, 2.05) is 0 Å². The van der Waals surface area contributed by atoms with Crippen molar-refractivity contribution in [3.8, 4) is 0 Å². The van der Waals surface area contributed by atoms with E-state index in [-0.39, 0.29) is 12.2 Å². The van der Waals surface area contributed by atoms with E-state index in [1.54, 1.807) is 25.3 Å². The van der Waals surface area contributed by atoms with Gasteiger partial charge >= 0.3 is 0 Å². The van der Waals surface area contributed by atoms with Crippen LogP contribution in [0.5, 0.6) is 0 Å². The topological polar surface area (TPSA) is 30.0 Å². The molecule has 2 nitrogen and oxygen atoms in total. The number of carbonyl (C=O) groups excluding carboxylic acids is 1. The van der Waals surface area contributed by atoms with Crippen LogP contribution < -0.4 is 0 Å². The van der Waals surface area contributed by atoms with Crippen LogP contribution in [0.3, 0.4) is 0 Å². The van der Waals surface area contributed by atoms with Crippen molar-refractivity contribution < 1.29 is 9.18 Å². The maximum absolute atomic E-state index is 13.5. The molecule has 1 heterocycles. The average molecular weight is 264 g/mol. The number of nitrogens with zero attached hydrogens (tertiary/aromatic N) is 1. The Kier molecular flexibility index (Phi) is 3.72. The summed E-state index contributed by atoms with van der Waals surface area (Å²) in [4.78, 5) is 16.0. The third kappa shape index (κ3) is 2.93. The van der Waals surface area contributed by atoms with Gasteiger partial charge in [-0.15, -0.1) is 0 Å². The fourth-order valence-electron chi connectivity index (χ4n) is 1.67. The lowest BCUT2D eigenvalue weighted by Crippen LogP contribution is -2.06. The van der Waals surface area contributed by atoms with E-state index < -0.39 is 5.82 Å². The van der Waals surface area contributed by atoms with E-state index in [0.717, 1.165) is 5.69 Å². The fraction of sp³-hybridized carbons (Fsp3) is 0.143. The summed E-state index contributed by atoms with van der Waals surface area (Å²) in [5.74, 6) is -0.569. The second-order valence-electron chi connectivity index (χ2n) is 4.02. The first kappa shape index (κ1) is 12.7. The third-order valence-corrected chi connectivity index (χ3v) is 2.81. The minimum atomic E-state index is -0.418. The molecular weight excluding hydrogens is 253 g/mol. The van der Waals surface area contributed by atoms with Crippen LogP contribution in [0.4, 0.5) is 4.39 Å². The predicted molar refractivity (Wildman–Crippen MR) is 68.4 cm³/mol. The number of halogens is 2. The van der Waals surface area contributed by atoms with Crippen LogP contribution in [0.1, 0.15) is 21.6 Å². The molecule has 1 aromatic carbocycles. The second-order valence-corrected chi connectivity index (χ2v) is 4.46. The lowest BCUT2D eigenvalue weighted by Gasteiger charge is -2.04. The van der Waals surface area contributed by atoms with Crippen molar-refractivity contribution in [2.24, 2.45) is 0 Å². The van der Waals surface area contributed by atoms with Gasteiger partial charge in [-0.25, -0.2) is 4.39 Å². The van der Waals surface area contributed by atoms with Crippen molar-refractivity contribution >= 4 is 17.4 Å². The Bertz CT molecular complexity index is 598. The van der Waals surface area contributed by atoms with Gasteiger partial charge in [0.2, 0.25) is 0 Å². The highest BCUT2D eigenvalue weighted by Gasteiger charge is 2.11. The first-order valence-electron chi connectivity index (χ1n) is 5.46. The molecule has 0 amide bonds. The zero-order chi connectivity index (χ0) is 13.1. The van der Waals surface area contributed by atoms with Gasteiger partial charge in [0.25, 0.3) is 0 Å².